The fraction of sp³-hybridized carbons (Fsp3) is 0.652. The van der Waals surface area contributed by atoms with Crippen LogP contribution in [0.5, 0.6) is 0 Å². The summed E-state index contributed by atoms with van der Waals surface area (Å²) in [5.41, 5.74) is 11.9. The Bertz CT molecular complexity index is 1680. The summed E-state index contributed by atoms with van der Waals surface area (Å²) in [6, 6.07) is -3.09. The van der Waals surface area contributed by atoms with E-state index in [1.165, 1.54) is 7.05 Å². The molecule has 66 heavy (non-hydrogen) atoms. The molecule has 20 nitrogen and oxygen atoms in total. The van der Waals surface area contributed by atoms with E-state index in [4.69, 9.17) is 30.4 Å². The fourth-order valence-electron chi connectivity index (χ4n) is 7.68. The lowest BCUT2D eigenvalue weighted by Gasteiger charge is -2.46. The molecular weight excluding hydrogens is 865 g/mol. The molecule has 0 aromatic carbocycles. The minimum Gasteiger partial charge on any atom is -0.462 e. The molecule has 0 aromatic heterocycles. The first-order valence-electron chi connectivity index (χ1n) is 22.4. The number of nitrogens with one attached hydrogen (secondary N) is 2. The van der Waals surface area contributed by atoms with Crippen molar-refractivity contribution in [2.75, 3.05) is 7.05 Å². The van der Waals surface area contributed by atoms with E-state index in [-0.39, 0.29) is 38.0 Å². The van der Waals surface area contributed by atoms with Gasteiger partial charge in [0.1, 0.15) is 24.5 Å². The third-order valence-electron chi connectivity index (χ3n) is 11.4. The normalized spacial score (nSPS) is 43.7. The van der Waals surface area contributed by atoms with Gasteiger partial charge in [-0.3, -0.25) is 4.79 Å². The van der Waals surface area contributed by atoms with Crippen LogP contribution in [0.2, 0.25) is 0 Å². The first-order chi connectivity index (χ1) is 31.2. The summed E-state index contributed by atoms with van der Waals surface area (Å²) in [4.78, 5) is 25.0. The summed E-state index contributed by atoms with van der Waals surface area (Å²) < 4.78 is 23.1. The van der Waals surface area contributed by atoms with Gasteiger partial charge in [-0.2, -0.15) is 0 Å². The Balaban J connectivity index is 1.88. The van der Waals surface area contributed by atoms with Crippen molar-refractivity contribution < 1.29 is 79.6 Å². The molecule has 2 fully saturated rings. The highest BCUT2D eigenvalue weighted by molar-refractivity contribution is 5.74. The minimum atomic E-state index is -2.25. The van der Waals surface area contributed by atoms with Gasteiger partial charge in [-0.15, -0.1) is 0 Å². The Kier molecular flexibility index (Phi) is 24.5. The Morgan fingerprint density at radius 2 is 1.29 bits per heavy atom. The molecule has 2 amide bonds. The largest absolute Gasteiger partial charge is 0.462 e. The fourth-order valence-corrected chi connectivity index (χ4v) is 7.68. The number of hydrogen-bond acceptors (Lipinski definition) is 18. The highest BCUT2D eigenvalue weighted by atomic mass is 16.7. The van der Waals surface area contributed by atoms with E-state index in [0.717, 1.165) is 0 Å². The number of urea groups is 1. The molecule has 16 N–H and O–H groups in total. The lowest BCUT2D eigenvalue weighted by atomic mass is 9.87. The van der Waals surface area contributed by atoms with Crippen molar-refractivity contribution in [3.8, 4) is 0 Å². The second kappa shape index (κ2) is 28.6. The summed E-state index contributed by atoms with van der Waals surface area (Å²) in [5.74, 6) is -3.23. The van der Waals surface area contributed by atoms with Gasteiger partial charge in [-0.05, 0) is 26.2 Å². The van der Waals surface area contributed by atoms with Crippen LogP contribution in [-0.2, 0) is 23.7 Å². The Hall–Kier alpha value is -3.68. The van der Waals surface area contributed by atoms with Crippen LogP contribution >= 0.6 is 0 Å². The van der Waals surface area contributed by atoms with E-state index in [1.54, 1.807) is 73.8 Å². The van der Waals surface area contributed by atoms with Crippen LogP contribution in [0.4, 0.5) is 4.79 Å². The third kappa shape index (κ3) is 19.9. The van der Waals surface area contributed by atoms with Crippen LogP contribution in [0.15, 0.2) is 85.1 Å². The molecule has 2 bridgehead atoms. The van der Waals surface area contributed by atoms with Gasteiger partial charge in [0.2, 0.25) is 0 Å². The maximum Gasteiger partial charge on any atom is 0.314 e. The highest BCUT2D eigenvalue weighted by Gasteiger charge is 2.49. The molecule has 0 spiro atoms. The summed E-state index contributed by atoms with van der Waals surface area (Å²) in [7, 11) is 1.36. The number of fused-ring (bicyclic) bond motifs is 2. The van der Waals surface area contributed by atoms with Crippen molar-refractivity contribution in [3.63, 3.8) is 0 Å². The van der Waals surface area contributed by atoms with Crippen molar-refractivity contribution in [2.24, 2.45) is 17.4 Å². The first kappa shape index (κ1) is 56.6. The van der Waals surface area contributed by atoms with Gasteiger partial charge in [0.05, 0.1) is 73.4 Å². The minimum absolute atomic E-state index is 0.0941. The van der Waals surface area contributed by atoms with Crippen molar-refractivity contribution in [1.82, 2.24) is 10.6 Å². The molecule has 374 valence electrons. The van der Waals surface area contributed by atoms with Gasteiger partial charge >= 0.3 is 12.0 Å². The van der Waals surface area contributed by atoms with Crippen LogP contribution in [-0.4, -0.2) is 174 Å². The standard InChI is InChI=1S/C46H74N4O16/c1-27-16-14-12-10-8-6-4-5-7-9-11-13-15-17-32(64-44-42(60)39(47)41(59)43(48)65-44)24-37-40(50-45(61)49-3)36(57)26-46(62,66-37)25-31(53)22-35(56)33(54)19-18-29(51)21-30(52)23-38(58)63-28(2)20-34(27)55/h4-17,27-37,39-44,51-57,59-60,62H,18-26,47-48H2,1-3H3,(H2,49,50,61)/b5-4+,8-6+,9-7+,12-10+,13-11+,16-14+,17-15+/t27?,28-,29?,30?,31?,32?,33?,34?,35?,36-,37-,39?,40?,41?,42?,43?,44?,46?/m0/s1. The number of carbonyl (C=O) groups is 2. The Morgan fingerprint density at radius 3 is 1.89 bits per heavy atom. The molecule has 20 heteroatoms. The van der Waals surface area contributed by atoms with E-state index < -0.39 is 141 Å². The van der Waals surface area contributed by atoms with Crippen LogP contribution in [0.25, 0.3) is 0 Å². The van der Waals surface area contributed by atoms with Crippen LogP contribution in [0.1, 0.15) is 71.6 Å². The van der Waals surface area contributed by atoms with E-state index in [2.05, 4.69) is 10.6 Å². The lowest BCUT2D eigenvalue weighted by molar-refractivity contribution is -0.303. The summed E-state index contributed by atoms with van der Waals surface area (Å²) in [6.45, 7) is 3.45. The summed E-state index contributed by atoms with van der Waals surface area (Å²) in [6.07, 6.45) is 3.99. The number of hydrogen-bond donors (Lipinski definition) is 14. The quantitative estimate of drug-likeness (QED) is 0.150. The highest BCUT2D eigenvalue weighted by Crippen LogP contribution is 2.35. The molecule has 2 saturated heterocycles. The average molecular weight is 939 g/mol. The lowest BCUT2D eigenvalue weighted by Crippen LogP contribution is -2.65. The first-order valence-corrected chi connectivity index (χ1v) is 22.4. The third-order valence-corrected chi connectivity index (χ3v) is 11.4. The second-order valence-electron chi connectivity index (χ2n) is 17.3. The molecular formula is C46H74N4O16. The van der Waals surface area contributed by atoms with Gasteiger partial charge in [-0.1, -0.05) is 92.0 Å². The smallest absolute Gasteiger partial charge is 0.314 e. The molecule has 3 heterocycles. The zero-order chi connectivity index (χ0) is 49.0. The van der Waals surface area contributed by atoms with Crippen molar-refractivity contribution >= 4 is 12.0 Å². The maximum atomic E-state index is 12.5. The molecule has 3 aliphatic heterocycles. The molecule has 3 rings (SSSR count). The Labute approximate surface area is 386 Å². The van der Waals surface area contributed by atoms with Gasteiger partial charge in [0.25, 0.3) is 0 Å². The van der Waals surface area contributed by atoms with Gasteiger partial charge < -0.3 is 92.1 Å². The van der Waals surface area contributed by atoms with Crippen LogP contribution < -0.4 is 22.1 Å². The molecule has 0 radical (unpaired) electrons. The molecule has 0 aliphatic carbocycles. The van der Waals surface area contributed by atoms with E-state index in [9.17, 15) is 60.7 Å². The number of esters is 1. The van der Waals surface area contributed by atoms with E-state index >= 15 is 0 Å². The number of nitrogens with two attached hydrogens (primary N) is 2. The predicted molar refractivity (Wildman–Crippen MR) is 241 cm³/mol. The number of cyclic esters (lactones) is 1. The number of aliphatic hydroxyl groups is 10. The van der Waals surface area contributed by atoms with Crippen LogP contribution in [0, 0.1) is 5.92 Å². The second-order valence-corrected chi connectivity index (χ2v) is 17.3. The zero-order valence-electron chi connectivity index (χ0n) is 37.8. The summed E-state index contributed by atoms with van der Waals surface area (Å²) >= 11 is 0. The molecule has 0 aromatic rings. The Morgan fingerprint density at radius 1 is 0.697 bits per heavy atom. The van der Waals surface area contributed by atoms with Crippen molar-refractivity contribution in [2.45, 2.75) is 175 Å². The van der Waals surface area contributed by atoms with Gasteiger partial charge in [0, 0.05) is 45.1 Å². The number of rotatable bonds is 3. The molecule has 18 atom stereocenters. The number of aliphatic hydroxyl groups excluding tert-OH is 9. The molecule has 3 aliphatic rings. The van der Waals surface area contributed by atoms with E-state index in [1.807, 2.05) is 25.2 Å². The number of ether oxygens (including phenoxy) is 4. The SMILES string of the molecule is CNC(=O)NC1[C@@H]2CC(OC3OC(N)C(O)C(N)C3O)/C=C/C=C/C=C/C=C/C=C/C=C/C=C/C(C)C(O)C[C@H](C)OC(=O)CC(O)CC(O)CCC(O)C(O)CC(O)CC(O)(C[C@@H]1O)O2. The van der Waals surface area contributed by atoms with Crippen molar-refractivity contribution in [3.05, 3.63) is 85.1 Å². The van der Waals surface area contributed by atoms with Gasteiger partial charge in [-0.25, -0.2) is 4.79 Å². The summed E-state index contributed by atoms with van der Waals surface area (Å²) in [5, 5.41) is 113. The predicted octanol–water partition coefficient (Wildman–Crippen LogP) is -1.04. The maximum absolute atomic E-state index is 12.5. The number of allylic oxidation sites excluding steroid dienone is 12. The topological polar surface area (TPSA) is 349 Å². The number of amides is 2. The average Bonchev–Trinajstić information content (AvgIpc) is 3.23. The zero-order valence-corrected chi connectivity index (χ0v) is 37.8. The molecule has 15 unspecified atom stereocenters. The van der Waals surface area contributed by atoms with Gasteiger partial charge in [0.15, 0.2) is 12.1 Å². The van der Waals surface area contributed by atoms with Crippen LogP contribution in [0.3, 0.4) is 0 Å². The monoisotopic (exact) mass is 939 g/mol. The number of carbonyl (C=O) groups excluding carboxylic acids is 2. The van der Waals surface area contributed by atoms with E-state index in [0.29, 0.717) is 0 Å². The van der Waals surface area contributed by atoms with Crippen molar-refractivity contribution in [1.29, 1.82) is 0 Å². The molecule has 0 saturated carbocycles.